The van der Waals surface area contributed by atoms with E-state index in [1.807, 2.05) is 0 Å². The molecule has 1 heterocycles. The van der Waals surface area contributed by atoms with Gasteiger partial charge in [0.25, 0.3) is 0 Å². The summed E-state index contributed by atoms with van der Waals surface area (Å²) < 4.78 is 0. The third kappa shape index (κ3) is 3.03. The molecular formula is C15H24N2O. The first-order valence-corrected chi connectivity index (χ1v) is 7.00. The first-order chi connectivity index (χ1) is 8.74. The zero-order valence-corrected chi connectivity index (χ0v) is 11.5. The number of hydrogen-bond acceptors (Lipinski definition) is 3. The van der Waals surface area contributed by atoms with Gasteiger partial charge in [0.1, 0.15) is 5.75 Å². The number of phenols is 1. The molecule has 1 saturated heterocycles. The zero-order valence-electron chi connectivity index (χ0n) is 11.5. The fraction of sp³-hybridized carbons (Fsp3) is 0.600. The van der Waals surface area contributed by atoms with Crippen molar-refractivity contribution >= 4 is 0 Å². The van der Waals surface area contributed by atoms with Crippen molar-refractivity contribution in [2.24, 2.45) is 0 Å². The molecule has 3 heteroatoms. The monoisotopic (exact) mass is 248 g/mol. The van der Waals surface area contributed by atoms with Crippen LogP contribution in [0.25, 0.3) is 0 Å². The molecule has 0 amide bonds. The van der Waals surface area contributed by atoms with Crippen LogP contribution < -0.4 is 0 Å². The van der Waals surface area contributed by atoms with Crippen LogP contribution in [-0.4, -0.2) is 47.6 Å². The molecule has 18 heavy (non-hydrogen) atoms. The second kappa shape index (κ2) is 6.21. The van der Waals surface area contributed by atoms with E-state index in [9.17, 15) is 5.11 Å². The van der Waals surface area contributed by atoms with E-state index in [4.69, 9.17) is 0 Å². The van der Waals surface area contributed by atoms with Crippen LogP contribution in [0.4, 0.5) is 0 Å². The fourth-order valence-corrected chi connectivity index (χ4v) is 2.79. The molecule has 0 spiro atoms. The molecule has 1 unspecified atom stereocenters. The highest BCUT2D eigenvalue weighted by Crippen LogP contribution is 2.26. The SMILES string of the molecule is CCC(c1ccc(O)cc1)N1CCN(CC)CC1. The molecule has 100 valence electrons. The van der Waals surface area contributed by atoms with Gasteiger partial charge in [0.2, 0.25) is 0 Å². The minimum atomic E-state index is 0.351. The lowest BCUT2D eigenvalue weighted by atomic mass is 10.0. The smallest absolute Gasteiger partial charge is 0.115 e. The highest BCUT2D eigenvalue weighted by atomic mass is 16.3. The summed E-state index contributed by atoms with van der Waals surface area (Å²) in [4.78, 5) is 5.07. The standard InChI is InChI=1S/C15H24N2O/c1-3-15(13-5-7-14(18)8-6-13)17-11-9-16(4-2)10-12-17/h5-8,15,18H,3-4,9-12H2,1-2H3. The van der Waals surface area contributed by atoms with Gasteiger partial charge in [0.05, 0.1) is 0 Å². The van der Waals surface area contributed by atoms with Crippen molar-refractivity contribution in [2.45, 2.75) is 26.3 Å². The Morgan fingerprint density at radius 1 is 1.06 bits per heavy atom. The van der Waals surface area contributed by atoms with Crippen molar-refractivity contribution in [2.75, 3.05) is 32.7 Å². The number of rotatable bonds is 4. The van der Waals surface area contributed by atoms with E-state index in [1.54, 1.807) is 12.1 Å². The van der Waals surface area contributed by atoms with Crippen molar-refractivity contribution in [1.29, 1.82) is 0 Å². The van der Waals surface area contributed by atoms with Crippen molar-refractivity contribution < 1.29 is 5.11 Å². The molecule has 3 nitrogen and oxygen atoms in total. The van der Waals surface area contributed by atoms with Gasteiger partial charge >= 0.3 is 0 Å². The molecule has 0 bridgehead atoms. The molecule has 0 radical (unpaired) electrons. The Kier molecular flexibility index (Phi) is 4.61. The van der Waals surface area contributed by atoms with Gasteiger partial charge < -0.3 is 10.0 Å². The zero-order chi connectivity index (χ0) is 13.0. The van der Waals surface area contributed by atoms with Gasteiger partial charge in [0.15, 0.2) is 0 Å². The number of benzene rings is 1. The van der Waals surface area contributed by atoms with E-state index in [1.165, 1.54) is 18.7 Å². The van der Waals surface area contributed by atoms with Crippen molar-refractivity contribution in [1.82, 2.24) is 9.80 Å². The average molecular weight is 248 g/mol. The molecule has 1 aliphatic heterocycles. The number of nitrogens with zero attached hydrogens (tertiary/aromatic N) is 2. The largest absolute Gasteiger partial charge is 0.508 e. The van der Waals surface area contributed by atoms with Crippen molar-refractivity contribution in [3.05, 3.63) is 29.8 Å². The second-order valence-corrected chi connectivity index (χ2v) is 4.99. The molecule has 1 atom stereocenters. The summed E-state index contributed by atoms with van der Waals surface area (Å²) in [6, 6.07) is 8.18. The predicted molar refractivity (Wildman–Crippen MR) is 74.8 cm³/mol. The lowest BCUT2D eigenvalue weighted by Gasteiger charge is -2.39. The average Bonchev–Trinajstić information content (AvgIpc) is 2.42. The highest BCUT2D eigenvalue weighted by molar-refractivity contribution is 5.28. The number of phenolic OH excluding ortho intramolecular Hbond substituents is 1. The van der Waals surface area contributed by atoms with Crippen LogP contribution in [-0.2, 0) is 0 Å². The Morgan fingerprint density at radius 3 is 2.17 bits per heavy atom. The number of hydrogen-bond donors (Lipinski definition) is 1. The fourth-order valence-electron chi connectivity index (χ4n) is 2.79. The van der Waals surface area contributed by atoms with Gasteiger partial charge in [-0.3, -0.25) is 4.90 Å². The summed E-state index contributed by atoms with van der Waals surface area (Å²) in [6.07, 6.45) is 1.12. The maximum atomic E-state index is 9.37. The Bertz CT molecular complexity index is 355. The molecular weight excluding hydrogens is 224 g/mol. The normalized spacial score (nSPS) is 19.9. The maximum absolute atomic E-state index is 9.37. The minimum absolute atomic E-state index is 0.351. The summed E-state index contributed by atoms with van der Waals surface area (Å²) >= 11 is 0. The van der Waals surface area contributed by atoms with Gasteiger partial charge in [0, 0.05) is 32.2 Å². The Labute approximate surface area is 110 Å². The molecule has 1 aromatic rings. The Balaban J connectivity index is 2.03. The quantitative estimate of drug-likeness (QED) is 0.887. The first-order valence-electron chi connectivity index (χ1n) is 7.00. The molecule has 1 fully saturated rings. The lowest BCUT2D eigenvalue weighted by Crippen LogP contribution is -2.47. The Hall–Kier alpha value is -1.06. The Morgan fingerprint density at radius 2 is 1.67 bits per heavy atom. The van der Waals surface area contributed by atoms with E-state index >= 15 is 0 Å². The van der Waals surface area contributed by atoms with E-state index in [-0.39, 0.29) is 0 Å². The molecule has 0 aliphatic carbocycles. The molecule has 2 rings (SSSR count). The van der Waals surface area contributed by atoms with Gasteiger partial charge in [-0.15, -0.1) is 0 Å². The van der Waals surface area contributed by atoms with Crippen LogP contribution in [0.3, 0.4) is 0 Å². The van der Waals surface area contributed by atoms with Crippen molar-refractivity contribution in [3.8, 4) is 5.75 Å². The van der Waals surface area contributed by atoms with Gasteiger partial charge in [-0.1, -0.05) is 26.0 Å². The summed E-state index contributed by atoms with van der Waals surface area (Å²) in [5.74, 6) is 0.351. The van der Waals surface area contributed by atoms with Crippen molar-refractivity contribution in [3.63, 3.8) is 0 Å². The predicted octanol–water partition coefficient (Wildman–Crippen LogP) is 2.48. The lowest BCUT2D eigenvalue weighted by molar-refractivity contribution is 0.0971. The van der Waals surface area contributed by atoms with Gasteiger partial charge in [-0.05, 0) is 30.7 Å². The van der Waals surface area contributed by atoms with Crippen LogP contribution in [0.5, 0.6) is 5.75 Å². The summed E-state index contributed by atoms with van der Waals surface area (Å²) in [5.41, 5.74) is 1.32. The van der Waals surface area contributed by atoms with Gasteiger partial charge in [-0.25, -0.2) is 0 Å². The topological polar surface area (TPSA) is 26.7 Å². The molecule has 0 aromatic heterocycles. The van der Waals surface area contributed by atoms with Crippen LogP contribution in [0, 0.1) is 0 Å². The minimum Gasteiger partial charge on any atom is -0.508 e. The number of piperazine rings is 1. The third-order valence-electron chi connectivity index (χ3n) is 3.96. The first kappa shape index (κ1) is 13.4. The third-order valence-corrected chi connectivity index (χ3v) is 3.96. The molecule has 1 aromatic carbocycles. The summed E-state index contributed by atoms with van der Waals surface area (Å²) in [5, 5.41) is 9.37. The van der Waals surface area contributed by atoms with Crippen LogP contribution >= 0.6 is 0 Å². The summed E-state index contributed by atoms with van der Waals surface area (Å²) in [6.45, 7) is 10.3. The van der Waals surface area contributed by atoms with Crippen LogP contribution in [0.1, 0.15) is 31.9 Å². The highest BCUT2D eigenvalue weighted by Gasteiger charge is 2.22. The molecule has 1 aliphatic rings. The number of aromatic hydroxyl groups is 1. The van der Waals surface area contributed by atoms with E-state index < -0.39 is 0 Å². The van der Waals surface area contributed by atoms with E-state index in [2.05, 4.69) is 35.8 Å². The molecule has 1 N–H and O–H groups in total. The van der Waals surface area contributed by atoms with Gasteiger partial charge in [-0.2, -0.15) is 0 Å². The maximum Gasteiger partial charge on any atom is 0.115 e. The second-order valence-electron chi connectivity index (χ2n) is 4.99. The summed E-state index contributed by atoms with van der Waals surface area (Å²) in [7, 11) is 0. The van der Waals surface area contributed by atoms with Crippen LogP contribution in [0.2, 0.25) is 0 Å². The number of likely N-dealkylation sites (N-methyl/N-ethyl adjacent to an activating group) is 1. The van der Waals surface area contributed by atoms with E-state index in [0.29, 0.717) is 11.8 Å². The van der Waals surface area contributed by atoms with Crippen LogP contribution in [0.15, 0.2) is 24.3 Å². The van der Waals surface area contributed by atoms with E-state index in [0.717, 1.165) is 26.1 Å². The molecule has 0 saturated carbocycles.